The standard InChI is InChI=1S/2C5H4N.Pd/c2*1-2-4-6-5-3-1;/h2*1-4H;/q2*-1;+2. The minimum atomic E-state index is 0. The van der Waals surface area contributed by atoms with E-state index in [0.29, 0.717) is 0 Å². The summed E-state index contributed by atoms with van der Waals surface area (Å²) in [6, 6.07) is 11.0. The van der Waals surface area contributed by atoms with E-state index in [2.05, 4.69) is 22.4 Å². The summed E-state index contributed by atoms with van der Waals surface area (Å²) >= 11 is 0. The van der Waals surface area contributed by atoms with E-state index in [1.165, 1.54) is 0 Å². The smallest absolute Gasteiger partial charge is 0.394 e. The molecule has 3 heteroatoms. The van der Waals surface area contributed by atoms with Gasteiger partial charge in [-0.1, -0.05) is 24.8 Å². The summed E-state index contributed by atoms with van der Waals surface area (Å²) in [4.78, 5) is 7.32. The third kappa shape index (κ3) is 7.33. The predicted molar refractivity (Wildman–Crippen MR) is 46.1 cm³/mol. The van der Waals surface area contributed by atoms with Crippen LogP contribution in [0.3, 0.4) is 0 Å². The van der Waals surface area contributed by atoms with Crippen molar-refractivity contribution in [1.82, 2.24) is 9.97 Å². The summed E-state index contributed by atoms with van der Waals surface area (Å²) in [6.45, 7) is 0. The van der Waals surface area contributed by atoms with Crippen LogP contribution in [0.4, 0.5) is 0 Å². The molecule has 2 aromatic heterocycles. The van der Waals surface area contributed by atoms with Crippen molar-refractivity contribution in [2.75, 3.05) is 0 Å². The predicted octanol–water partition coefficient (Wildman–Crippen LogP) is 1.76. The first-order valence-electron chi connectivity index (χ1n) is 3.54. The number of aromatic nitrogens is 2. The fourth-order valence-corrected chi connectivity index (χ4v) is 0.555. The van der Waals surface area contributed by atoms with E-state index in [1.807, 2.05) is 24.3 Å². The Hall–Kier alpha value is -1.04. The van der Waals surface area contributed by atoms with Crippen molar-refractivity contribution in [2.45, 2.75) is 0 Å². The van der Waals surface area contributed by atoms with Crippen LogP contribution in [-0.4, -0.2) is 9.97 Å². The molecule has 0 aliphatic heterocycles. The molecule has 2 nitrogen and oxygen atoms in total. The van der Waals surface area contributed by atoms with Crippen molar-refractivity contribution in [3.05, 3.63) is 61.2 Å². The van der Waals surface area contributed by atoms with Crippen LogP contribution < -0.4 is 0 Å². The maximum absolute atomic E-state index is 3.66. The van der Waals surface area contributed by atoms with Gasteiger partial charge >= 0.3 is 20.4 Å². The fraction of sp³-hybridized carbons (Fsp3) is 0. The zero-order valence-corrected chi connectivity index (χ0v) is 8.38. The van der Waals surface area contributed by atoms with Gasteiger partial charge in [0.15, 0.2) is 0 Å². The van der Waals surface area contributed by atoms with Crippen LogP contribution in [0.1, 0.15) is 0 Å². The van der Waals surface area contributed by atoms with Gasteiger partial charge in [-0.2, -0.15) is 36.4 Å². The van der Waals surface area contributed by atoms with Crippen molar-refractivity contribution in [3.63, 3.8) is 0 Å². The van der Waals surface area contributed by atoms with Gasteiger partial charge in [0.25, 0.3) is 0 Å². The average Bonchev–Trinajstić information content (AvgIpc) is 2.24. The van der Waals surface area contributed by atoms with Gasteiger partial charge in [0.05, 0.1) is 0 Å². The summed E-state index contributed by atoms with van der Waals surface area (Å²) in [5.74, 6) is 0. The Kier molecular flexibility index (Phi) is 8.33. The van der Waals surface area contributed by atoms with E-state index in [-0.39, 0.29) is 20.4 Å². The van der Waals surface area contributed by atoms with Crippen molar-refractivity contribution in [3.8, 4) is 0 Å². The first-order valence-corrected chi connectivity index (χ1v) is 3.54. The van der Waals surface area contributed by atoms with Gasteiger partial charge in [-0.3, -0.25) is 0 Å². The first kappa shape index (κ1) is 12.0. The number of nitrogens with zero attached hydrogens (tertiary/aromatic N) is 2. The summed E-state index contributed by atoms with van der Waals surface area (Å²) in [5, 5.41) is 0. The summed E-state index contributed by atoms with van der Waals surface area (Å²) in [6.07, 6.45) is 8.67. The van der Waals surface area contributed by atoms with Crippen molar-refractivity contribution in [1.29, 1.82) is 0 Å². The number of pyridine rings is 2. The Balaban J connectivity index is 0.000000206. The molecule has 0 fully saturated rings. The van der Waals surface area contributed by atoms with Crippen LogP contribution in [0.15, 0.2) is 48.8 Å². The number of rotatable bonds is 0. The van der Waals surface area contributed by atoms with Crippen molar-refractivity contribution in [2.24, 2.45) is 0 Å². The quantitative estimate of drug-likeness (QED) is 0.534. The van der Waals surface area contributed by atoms with Gasteiger partial charge in [0.2, 0.25) is 0 Å². The average molecular weight is 263 g/mol. The molecule has 0 N–H and O–H groups in total. The Labute approximate surface area is 91.7 Å². The van der Waals surface area contributed by atoms with Crippen LogP contribution >= 0.6 is 0 Å². The molecule has 0 aliphatic rings. The molecule has 2 heterocycles. The molecule has 0 saturated carbocycles. The molecule has 0 bridgehead atoms. The molecule has 0 amide bonds. The molecule has 0 saturated heterocycles. The van der Waals surface area contributed by atoms with E-state index in [4.69, 9.17) is 0 Å². The van der Waals surface area contributed by atoms with Crippen LogP contribution in [0.2, 0.25) is 0 Å². The maximum atomic E-state index is 3.66. The number of hydrogen-bond donors (Lipinski definition) is 0. The third-order valence-electron chi connectivity index (χ3n) is 1.03. The van der Waals surface area contributed by atoms with E-state index < -0.39 is 0 Å². The maximum Gasteiger partial charge on any atom is 2.00 e. The molecule has 0 atom stereocenters. The minimum absolute atomic E-state index is 0. The third-order valence-corrected chi connectivity index (χ3v) is 1.03. The monoisotopic (exact) mass is 262 g/mol. The molecule has 0 spiro atoms. The van der Waals surface area contributed by atoms with Crippen LogP contribution in [0, 0.1) is 12.4 Å². The molecule has 0 aliphatic carbocycles. The molecular formula is C10H8N2Pd. The molecule has 0 unspecified atom stereocenters. The first-order chi connectivity index (χ1) is 6.00. The van der Waals surface area contributed by atoms with E-state index in [9.17, 15) is 0 Å². The Morgan fingerprint density at radius 2 is 1.15 bits per heavy atom. The summed E-state index contributed by atoms with van der Waals surface area (Å²) < 4.78 is 0. The van der Waals surface area contributed by atoms with Gasteiger partial charge < -0.3 is 9.97 Å². The summed E-state index contributed by atoms with van der Waals surface area (Å²) in [7, 11) is 0. The largest absolute Gasteiger partial charge is 2.00 e. The van der Waals surface area contributed by atoms with E-state index in [0.717, 1.165) is 0 Å². The van der Waals surface area contributed by atoms with Gasteiger partial charge in [0, 0.05) is 0 Å². The second-order valence-electron chi connectivity index (χ2n) is 1.92. The molecule has 68 valence electrons. The van der Waals surface area contributed by atoms with Gasteiger partial charge in [0.1, 0.15) is 0 Å². The Morgan fingerprint density at radius 3 is 1.23 bits per heavy atom. The number of hydrogen-bond acceptors (Lipinski definition) is 2. The molecule has 2 aromatic rings. The zero-order valence-electron chi connectivity index (χ0n) is 6.83. The molecule has 2 rings (SSSR count). The Morgan fingerprint density at radius 1 is 0.692 bits per heavy atom. The molecule has 0 radical (unpaired) electrons. The fourth-order valence-electron chi connectivity index (χ4n) is 0.555. The topological polar surface area (TPSA) is 25.8 Å². The molecular weight excluding hydrogens is 255 g/mol. The zero-order chi connectivity index (χ0) is 8.49. The van der Waals surface area contributed by atoms with Gasteiger partial charge in [-0.25, -0.2) is 0 Å². The summed E-state index contributed by atoms with van der Waals surface area (Å²) in [5.41, 5.74) is 0. The van der Waals surface area contributed by atoms with Crippen molar-refractivity contribution < 1.29 is 20.4 Å². The van der Waals surface area contributed by atoms with Crippen LogP contribution in [0.5, 0.6) is 0 Å². The van der Waals surface area contributed by atoms with E-state index in [1.54, 1.807) is 24.5 Å². The van der Waals surface area contributed by atoms with E-state index >= 15 is 0 Å². The normalized spacial score (nSPS) is 7.38. The second-order valence-corrected chi connectivity index (χ2v) is 1.92. The van der Waals surface area contributed by atoms with Crippen LogP contribution in [0.25, 0.3) is 0 Å². The van der Waals surface area contributed by atoms with Gasteiger partial charge in [-0.15, -0.1) is 0 Å². The van der Waals surface area contributed by atoms with Gasteiger partial charge in [-0.05, 0) is 0 Å². The minimum Gasteiger partial charge on any atom is -0.394 e. The molecule has 13 heavy (non-hydrogen) atoms. The van der Waals surface area contributed by atoms with Crippen LogP contribution in [-0.2, 0) is 20.4 Å². The second kappa shape index (κ2) is 9.05. The van der Waals surface area contributed by atoms with Crippen molar-refractivity contribution >= 4 is 0 Å². The molecule has 0 aromatic carbocycles. The SMILES string of the molecule is [Pd+2].[c-]1ccccn1.[c-]1ccccn1. The Bertz CT molecular complexity index is 188.